The van der Waals surface area contributed by atoms with Crippen molar-refractivity contribution in [3.05, 3.63) is 53.1 Å². The van der Waals surface area contributed by atoms with Crippen LogP contribution in [0, 0.1) is 5.82 Å². The largest absolute Gasteiger partial charge is 0.497 e. The molecule has 0 bridgehead atoms. The predicted molar refractivity (Wildman–Crippen MR) is 78.9 cm³/mol. The van der Waals surface area contributed by atoms with E-state index in [9.17, 15) is 9.18 Å². The number of carboxylic acid groups (broad SMARTS) is 1. The quantitative estimate of drug-likeness (QED) is 0.944. The van der Waals surface area contributed by atoms with E-state index in [1.807, 2.05) is 4.90 Å². The van der Waals surface area contributed by atoms with Gasteiger partial charge < -0.3 is 14.7 Å². The molecule has 2 aromatic rings. The molecule has 1 N–H and O–H groups in total. The van der Waals surface area contributed by atoms with Crippen LogP contribution in [0.5, 0.6) is 5.75 Å². The number of hydrogen-bond donors (Lipinski definition) is 1. The molecule has 0 unspecified atom stereocenters. The van der Waals surface area contributed by atoms with E-state index >= 15 is 0 Å². The third-order valence-corrected chi connectivity index (χ3v) is 3.77. The van der Waals surface area contributed by atoms with Crippen LogP contribution < -0.4 is 9.64 Å². The lowest BCUT2D eigenvalue weighted by Crippen LogP contribution is -2.30. The fraction of sp³-hybridized carbons (Fsp3) is 0.250. The van der Waals surface area contributed by atoms with Gasteiger partial charge in [-0.25, -0.2) is 14.2 Å². The highest BCUT2D eigenvalue weighted by atomic mass is 19.1. The Bertz CT molecular complexity index is 733. The lowest BCUT2D eigenvalue weighted by atomic mass is 10.0. The van der Waals surface area contributed by atoms with E-state index in [4.69, 9.17) is 9.84 Å². The summed E-state index contributed by atoms with van der Waals surface area (Å²) < 4.78 is 18.7. The molecule has 1 aliphatic heterocycles. The number of benzene rings is 1. The summed E-state index contributed by atoms with van der Waals surface area (Å²) in [7, 11) is 1.50. The van der Waals surface area contributed by atoms with Crippen LogP contribution in [0.4, 0.5) is 10.1 Å². The van der Waals surface area contributed by atoms with E-state index in [1.54, 1.807) is 18.3 Å². The average molecular weight is 302 g/mol. The molecule has 6 heteroatoms. The summed E-state index contributed by atoms with van der Waals surface area (Å²) in [4.78, 5) is 16.9. The molecule has 1 aromatic heterocycles. The number of aromatic nitrogens is 1. The van der Waals surface area contributed by atoms with E-state index in [2.05, 4.69) is 4.98 Å². The molecule has 0 aliphatic carbocycles. The number of hydrogen-bond acceptors (Lipinski definition) is 4. The number of anilines is 1. The van der Waals surface area contributed by atoms with Crippen LogP contribution in [0.1, 0.15) is 21.6 Å². The minimum atomic E-state index is -1.03. The first kappa shape index (κ1) is 14.3. The van der Waals surface area contributed by atoms with Crippen LogP contribution in [0.15, 0.2) is 30.5 Å². The van der Waals surface area contributed by atoms with Crippen LogP contribution >= 0.6 is 0 Å². The summed E-state index contributed by atoms with van der Waals surface area (Å²) in [6.07, 6.45) is 2.28. The van der Waals surface area contributed by atoms with Crippen molar-refractivity contribution < 1.29 is 19.0 Å². The molecule has 0 fully saturated rings. The maximum Gasteiger partial charge on any atom is 0.354 e. The van der Waals surface area contributed by atoms with Gasteiger partial charge in [-0.1, -0.05) is 0 Å². The molecular weight excluding hydrogens is 287 g/mol. The topological polar surface area (TPSA) is 62.7 Å². The highest BCUT2D eigenvalue weighted by Crippen LogP contribution is 2.28. The fourth-order valence-electron chi connectivity index (χ4n) is 2.63. The molecular formula is C16H15FN2O3. The minimum Gasteiger partial charge on any atom is -0.497 e. The first-order chi connectivity index (χ1) is 10.6. The van der Waals surface area contributed by atoms with Gasteiger partial charge in [0, 0.05) is 37.1 Å². The van der Waals surface area contributed by atoms with Gasteiger partial charge in [-0.2, -0.15) is 0 Å². The van der Waals surface area contributed by atoms with Gasteiger partial charge >= 0.3 is 5.97 Å². The summed E-state index contributed by atoms with van der Waals surface area (Å²) in [5, 5.41) is 8.98. The van der Waals surface area contributed by atoms with Crippen molar-refractivity contribution in [2.24, 2.45) is 0 Å². The fourth-order valence-corrected chi connectivity index (χ4v) is 2.63. The van der Waals surface area contributed by atoms with Gasteiger partial charge in [0.15, 0.2) is 0 Å². The Hall–Kier alpha value is -2.63. The summed E-state index contributed by atoms with van der Waals surface area (Å²) >= 11 is 0. The van der Waals surface area contributed by atoms with Crippen LogP contribution in [0.25, 0.3) is 0 Å². The molecule has 1 aromatic carbocycles. The second-order valence-corrected chi connectivity index (χ2v) is 5.16. The zero-order valence-corrected chi connectivity index (χ0v) is 12.0. The monoisotopic (exact) mass is 302 g/mol. The summed E-state index contributed by atoms with van der Waals surface area (Å²) in [6, 6.07) is 6.20. The Morgan fingerprint density at radius 3 is 2.86 bits per heavy atom. The molecule has 2 heterocycles. The molecule has 0 saturated carbocycles. The number of nitrogens with zero attached hydrogens (tertiary/aromatic N) is 2. The van der Waals surface area contributed by atoms with Crippen molar-refractivity contribution in [3.63, 3.8) is 0 Å². The van der Waals surface area contributed by atoms with Gasteiger partial charge in [-0.15, -0.1) is 0 Å². The van der Waals surface area contributed by atoms with Crippen LogP contribution in [0.3, 0.4) is 0 Å². The standard InChI is InChI=1S/C16H15FN2O3/c1-22-14-6-12(17)5-13(7-14)19-3-2-10-4-15(16(20)21)18-8-11(10)9-19/h4-8H,2-3,9H2,1H3,(H,20,21). The highest BCUT2D eigenvalue weighted by molar-refractivity contribution is 5.85. The van der Waals surface area contributed by atoms with E-state index in [-0.39, 0.29) is 11.5 Å². The number of halogens is 1. The van der Waals surface area contributed by atoms with Gasteiger partial charge in [0.25, 0.3) is 0 Å². The normalized spacial score (nSPS) is 13.6. The van der Waals surface area contributed by atoms with E-state index in [1.165, 1.54) is 19.2 Å². The molecule has 0 saturated heterocycles. The maximum absolute atomic E-state index is 13.6. The summed E-state index contributed by atoms with van der Waals surface area (Å²) in [5.74, 6) is -0.903. The van der Waals surface area contributed by atoms with Gasteiger partial charge in [-0.3, -0.25) is 0 Å². The molecule has 22 heavy (non-hydrogen) atoms. The number of aromatic carboxylic acids is 1. The zero-order valence-electron chi connectivity index (χ0n) is 12.0. The Labute approximate surface area is 127 Å². The molecule has 0 radical (unpaired) electrons. The minimum absolute atomic E-state index is 0.0552. The third-order valence-electron chi connectivity index (χ3n) is 3.77. The van der Waals surface area contributed by atoms with E-state index in [0.29, 0.717) is 25.3 Å². The summed E-state index contributed by atoms with van der Waals surface area (Å²) in [5.41, 5.74) is 2.73. The van der Waals surface area contributed by atoms with Crippen LogP contribution in [-0.4, -0.2) is 29.7 Å². The van der Waals surface area contributed by atoms with Gasteiger partial charge in [0.05, 0.1) is 7.11 Å². The van der Waals surface area contributed by atoms with Crippen molar-refractivity contribution >= 4 is 11.7 Å². The molecule has 0 spiro atoms. The number of pyridine rings is 1. The van der Waals surface area contributed by atoms with Crippen molar-refractivity contribution in [3.8, 4) is 5.75 Å². The molecule has 0 amide bonds. The Kier molecular flexibility index (Phi) is 3.66. The van der Waals surface area contributed by atoms with Crippen molar-refractivity contribution in [1.82, 2.24) is 4.98 Å². The zero-order chi connectivity index (χ0) is 15.7. The second-order valence-electron chi connectivity index (χ2n) is 5.16. The van der Waals surface area contributed by atoms with Gasteiger partial charge in [-0.05, 0) is 29.7 Å². The first-order valence-electron chi connectivity index (χ1n) is 6.87. The highest BCUT2D eigenvalue weighted by Gasteiger charge is 2.19. The number of carbonyl (C=O) groups is 1. The number of methoxy groups -OCH3 is 1. The lowest BCUT2D eigenvalue weighted by Gasteiger charge is -2.30. The SMILES string of the molecule is COc1cc(F)cc(N2CCc3cc(C(=O)O)ncc3C2)c1. The maximum atomic E-state index is 13.6. The number of rotatable bonds is 3. The molecule has 5 nitrogen and oxygen atoms in total. The van der Waals surface area contributed by atoms with Crippen molar-refractivity contribution in [2.45, 2.75) is 13.0 Å². The third kappa shape index (κ3) is 2.72. The molecule has 3 rings (SSSR count). The van der Waals surface area contributed by atoms with Gasteiger partial charge in [0.2, 0.25) is 0 Å². The number of ether oxygens (including phenoxy) is 1. The van der Waals surface area contributed by atoms with E-state index in [0.717, 1.165) is 16.8 Å². The van der Waals surface area contributed by atoms with Crippen LogP contribution in [-0.2, 0) is 13.0 Å². The Morgan fingerprint density at radius 2 is 2.14 bits per heavy atom. The Balaban J connectivity index is 1.88. The summed E-state index contributed by atoms with van der Waals surface area (Å²) in [6.45, 7) is 1.25. The van der Waals surface area contributed by atoms with E-state index < -0.39 is 5.97 Å². The number of fused-ring (bicyclic) bond motifs is 1. The van der Waals surface area contributed by atoms with Gasteiger partial charge in [0.1, 0.15) is 17.3 Å². The lowest BCUT2D eigenvalue weighted by molar-refractivity contribution is 0.0690. The van der Waals surface area contributed by atoms with Crippen molar-refractivity contribution in [2.75, 3.05) is 18.6 Å². The number of carboxylic acids is 1. The molecule has 0 atom stereocenters. The first-order valence-corrected chi connectivity index (χ1v) is 6.87. The molecule has 114 valence electrons. The van der Waals surface area contributed by atoms with Crippen molar-refractivity contribution in [1.29, 1.82) is 0 Å². The second kappa shape index (κ2) is 5.63. The smallest absolute Gasteiger partial charge is 0.354 e. The average Bonchev–Trinajstić information content (AvgIpc) is 2.53. The predicted octanol–water partition coefficient (Wildman–Crippen LogP) is 2.49. The Morgan fingerprint density at radius 1 is 1.32 bits per heavy atom. The molecule has 1 aliphatic rings. The van der Waals surface area contributed by atoms with Crippen LogP contribution in [0.2, 0.25) is 0 Å².